The van der Waals surface area contributed by atoms with Gasteiger partial charge in [0.25, 0.3) is 0 Å². The van der Waals surface area contributed by atoms with Crippen molar-refractivity contribution in [3.05, 3.63) is 23.0 Å². The van der Waals surface area contributed by atoms with Crippen molar-refractivity contribution in [2.75, 3.05) is 19.9 Å². The molecule has 0 amide bonds. The number of hydrogen-bond acceptors (Lipinski definition) is 4. The Balaban J connectivity index is 2.08. The van der Waals surface area contributed by atoms with Gasteiger partial charge in [-0.2, -0.15) is 0 Å². The van der Waals surface area contributed by atoms with E-state index in [0.717, 1.165) is 17.9 Å². The number of halogens is 1. The smallest absolute Gasteiger partial charge is 0.171 e. The topological polar surface area (TPSA) is 56.4 Å². The van der Waals surface area contributed by atoms with Crippen LogP contribution in [0.5, 0.6) is 5.75 Å². The zero-order valence-electron chi connectivity index (χ0n) is 9.24. The average Bonchev–Trinajstić information content (AvgIpc) is 3.04. The molecule has 16 heavy (non-hydrogen) atoms. The van der Waals surface area contributed by atoms with Gasteiger partial charge in [0, 0.05) is 18.5 Å². The van der Waals surface area contributed by atoms with E-state index in [4.69, 9.17) is 16.3 Å². The van der Waals surface area contributed by atoms with Crippen LogP contribution in [0.1, 0.15) is 5.56 Å². The molecule has 1 aliphatic heterocycles. The summed E-state index contributed by atoms with van der Waals surface area (Å²) in [6.45, 7) is 1.01. The zero-order valence-corrected chi connectivity index (χ0v) is 10.8. The summed E-state index contributed by atoms with van der Waals surface area (Å²) in [4.78, 5) is 4.09. The van der Waals surface area contributed by atoms with Gasteiger partial charge in [0.1, 0.15) is 6.17 Å². The van der Waals surface area contributed by atoms with E-state index >= 15 is 0 Å². The number of pyridine rings is 1. The quantitative estimate of drug-likeness (QED) is 0.660. The lowest BCUT2D eigenvalue weighted by Crippen LogP contribution is -1.98. The molecule has 2 heterocycles. The molecule has 2 unspecified atom stereocenters. The Bertz CT molecular complexity index is 421. The molecule has 0 radical (unpaired) electrons. The first-order valence-corrected chi connectivity index (χ1v) is 7.08. The van der Waals surface area contributed by atoms with Gasteiger partial charge >= 0.3 is 0 Å². The molecule has 2 rings (SSSR count). The normalized spacial score (nSPS) is 20.8. The van der Waals surface area contributed by atoms with Gasteiger partial charge in [-0.05, 0) is 17.9 Å². The molecule has 0 saturated carbocycles. The van der Waals surface area contributed by atoms with Gasteiger partial charge in [0.15, 0.2) is 10.9 Å². The maximum Gasteiger partial charge on any atom is 0.171 e. The van der Waals surface area contributed by atoms with E-state index in [9.17, 15) is 0 Å². The van der Waals surface area contributed by atoms with Crippen LogP contribution in [0.4, 0.5) is 0 Å². The summed E-state index contributed by atoms with van der Waals surface area (Å²) in [6, 6.07) is 1.93. The van der Waals surface area contributed by atoms with E-state index in [1.807, 2.05) is 6.07 Å². The third-order valence-electron chi connectivity index (χ3n) is 2.15. The number of methoxy groups -OCH3 is 1. The fourth-order valence-corrected chi connectivity index (χ4v) is 2.79. The van der Waals surface area contributed by atoms with Crippen LogP contribution in [0.25, 0.3) is 0 Å². The number of nitrogens with one attached hydrogen (secondary N) is 1. The molecule has 1 aromatic rings. The van der Waals surface area contributed by atoms with Gasteiger partial charge in [-0.3, -0.25) is 5.32 Å². The van der Waals surface area contributed by atoms with E-state index in [0.29, 0.717) is 17.1 Å². The molecule has 1 aliphatic rings. The van der Waals surface area contributed by atoms with Gasteiger partial charge in [0.2, 0.25) is 0 Å². The van der Waals surface area contributed by atoms with Gasteiger partial charge in [-0.25, -0.2) is 9.35 Å². The van der Waals surface area contributed by atoms with Crippen molar-refractivity contribution < 1.29 is 4.74 Å². The van der Waals surface area contributed by atoms with Crippen LogP contribution in [0.3, 0.4) is 0 Å². The van der Waals surface area contributed by atoms with E-state index in [2.05, 4.69) is 20.9 Å². The van der Waals surface area contributed by atoms with Crippen molar-refractivity contribution in [1.82, 2.24) is 10.3 Å². The first kappa shape index (κ1) is 11.8. The summed E-state index contributed by atoms with van der Waals surface area (Å²) in [5, 5.41) is 3.57. The van der Waals surface area contributed by atoms with E-state index in [1.165, 1.54) is 0 Å². The molecule has 0 aromatic carbocycles. The second-order valence-electron chi connectivity index (χ2n) is 3.61. The van der Waals surface area contributed by atoms with Crippen molar-refractivity contribution in [2.24, 2.45) is 4.36 Å². The summed E-state index contributed by atoms with van der Waals surface area (Å²) in [7, 11) is 1.61. The van der Waals surface area contributed by atoms with Crippen LogP contribution >= 0.6 is 11.6 Å². The second-order valence-corrected chi connectivity index (χ2v) is 5.67. The Morgan fingerprint density at radius 1 is 1.75 bits per heavy atom. The summed E-state index contributed by atoms with van der Waals surface area (Å²) in [5.74, 6) is 1.51. The Hall–Kier alpha value is -0.650. The molecular formula is C10H14ClN3OS. The SMILES string of the molecule is COc1cc(C/S(C)=N/C2CN2)cnc1Cl. The van der Waals surface area contributed by atoms with Crippen LogP contribution in [-0.2, 0) is 16.4 Å². The highest BCUT2D eigenvalue weighted by Crippen LogP contribution is 2.22. The van der Waals surface area contributed by atoms with Crippen molar-refractivity contribution >= 4 is 22.3 Å². The highest BCUT2D eigenvalue weighted by Gasteiger charge is 2.18. The molecule has 1 fully saturated rings. The molecule has 4 nitrogen and oxygen atoms in total. The van der Waals surface area contributed by atoms with Gasteiger partial charge < -0.3 is 4.74 Å². The Morgan fingerprint density at radius 3 is 3.12 bits per heavy atom. The van der Waals surface area contributed by atoms with Crippen molar-refractivity contribution in [1.29, 1.82) is 0 Å². The number of ether oxygens (including phenoxy) is 1. The Morgan fingerprint density at radius 2 is 2.50 bits per heavy atom. The standard InChI is InChI=1S/C10H14ClN3OS/c1-15-8-3-7(4-13-10(8)11)6-16(2)14-9-5-12-9/h3-4,9,12H,5-6H2,1-2H3. The highest BCUT2D eigenvalue weighted by atomic mass is 35.5. The highest BCUT2D eigenvalue weighted by molar-refractivity contribution is 7.85. The van der Waals surface area contributed by atoms with E-state index < -0.39 is 0 Å². The predicted molar refractivity (Wildman–Crippen MR) is 67.0 cm³/mol. The molecule has 6 heteroatoms. The molecule has 1 N–H and O–H groups in total. The third kappa shape index (κ3) is 3.17. The molecule has 0 aliphatic carbocycles. The third-order valence-corrected chi connectivity index (χ3v) is 3.80. The van der Waals surface area contributed by atoms with Crippen LogP contribution in [0.15, 0.2) is 16.6 Å². The minimum absolute atomic E-state index is 0.0184. The number of nitrogens with zero attached hydrogens (tertiary/aromatic N) is 2. The number of hydrogen-bond donors (Lipinski definition) is 1. The number of aromatic nitrogens is 1. The fraction of sp³-hybridized carbons (Fsp3) is 0.500. The van der Waals surface area contributed by atoms with Crippen LogP contribution in [0, 0.1) is 0 Å². The Kier molecular flexibility index (Phi) is 3.78. The fourth-order valence-electron chi connectivity index (χ4n) is 1.31. The zero-order chi connectivity index (χ0) is 11.5. The maximum absolute atomic E-state index is 5.86. The van der Waals surface area contributed by atoms with Gasteiger partial charge in [-0.1, -0.05) is 22.3 Å². The monoisotopic (exact) mass is 259 g/mol. The van der Waals surface area contributed by atoms with Crippen LogP contribution in [0.2, 0.25) is 5.15 Å². The summed E-state index contributed by atoms with van der Waals surface area (Å²) < 4.78 is 9.70. The number of rotatable bonds is 4. The maximum atomic E-state index is 5.86. The minimum Gasteiger partial charge on any atom is -0.494 e. The van der Waals surface area contributed by atoms with Gasteiger partial charge in [0.05, 0.1) is 7.11 Å². The second kappa shape index (κ2) is 5.12. The average molecular weight is 260 g/mol. The van der Waals surface area contributed by atoms with Gasteiger partial charge in [-0.15, -0.1) is 0 Å². The lowest BCUT2D eigenvalue weighted by atomic mass is 10.3. The molecule has 2 atom stereocenters. The molecule has 1 saturated heterocycles. The van der Waals surface area contributed by atoms with Crippen molar-refractivity contribution in [3.63, 3.8) is 0 Å². The minimum atomic E-state index is 0.0184. The lowest BCUT2D eigenvalue weighted by molar-refractivity contribution is 0.413. The molecule has 1 aromatic heterocycles. The largest absolute Gasteiger partial charge is 0.494 e. The molecule has 0 bridgehead atoms. The predicted octanol–water partition coefficient (Wildman–Crippen LogP) is 1.60. The van der Waals surface area contributed by atoms with Crippen LogP contribution in [-0.4, -0.2) is 31.1 Å². The lowest BCUT2D eigenvalue weighted by Gasteiger charge is -2.06. The summed E-state index contributed by atoms with van der Waals surface area (Å²) in [6.07, 6.45) is 4.28. The van der Waals surface area contributed by atoms with Crippen molar-refractivity contribution in [2.45, 2.75) is 11.9 Å². The van der Waals surface area contributed by atoms with Crippen LogP contribution < -0.4 is 10.1 Å². The summed E-state index contributed by atoms with van der Waals surface area (Å²) in [5.41, 5.74) is 1.11. The molecular weight excluding hydrogens is 246 g/mol. The first-order chi connectivity index (χ1) is 7.69. The first-order valence-electron chi connectivity index (χ1n) is 4.94. The van der Waals surface area contributed by atoms with E-state index in [-0.39, 0.29) is 10.7 Å². The van der Waals surface area contributed by atoms with E-state index in [1.54, 1.807) is 13.3 Å². The molecule has 88 valence electrons. The Labute approximate surface area is 102 Å². The molecule has 0 spiro atoms. The van der Waals surface area contributed by atoms with Crippen molar-refractivity contribution in [3.8, 4) is 5.75 Å². The summed E-state index contributed by atoms with van der Waals surface area (Å²) >= 11 is 5.86.